The Morgan fingerprint density at radius 1 is 1.04 bits per heavy atom. The fourth-order valence-electron chi connectivity index (χ4n) is 2.93. The first-order valence-corrected chi connectivity index (χ1v) is 8.60. The van der Waals surface area contributed by atoms with Gasteiger partial charge in [0.25, 0.3) is 5.95 Å². The Hall–Kier alpha value is -3.22. The van der Waals surface area contributed by atoms with Crippen LogP contribution in [0.3, 0.4) is 0 Å². The van der Waals surface area contributed by atoms with Crippen LogP contribution in [-0.4, -0.2) is 32.8 Å². The molecule has 2 heterocycles. The van der Waals surface area contributed by atoms with Gasteiger partial charge in [-0.3, -0.25) is 4.79 Å². The molecule has 7 heteroatoms. The lowest BCUT2D eigenvalue weighted by atomic mass is 10.1. The lowest BCUT2D eigenvalue weighted by molar-refractivity contribution is -0.133. The highest BCUT2D eigenvalue weighted by atomic mass is 16.6. The number of aromatic nitrogens is 4. The number of hydrogen-bond donors (Lipinski definition) is 0. The van der Waals surface area contributed by atoms with Crippen molar-refractivity contribution in [2.75, 3.05) is 7.11 Å². The summed E-state index contributed by atoms with van der Waals surface area (Å²) >= 11 is 0. The monoisotopic (exact) mass is 366 g/mol. The Morgan fingerprint density at radius 2 is 1.67 bits per heavy atom. The third kappa shape index (κ3) is 3.97. The van der Waals surface area contributed by atoms with E-state index in [4.69, 9.17) is 9.47 Å². The lowest BCUT2D eigenvalue weighted by Crippen LogP contribution is -2.13. The van der Waals surface area contributed by atoms with E-state index in [0.717, 1.165) is 28.3 Å². The van der Waals surface area contributed by atoms with E-state index in [9.17, 15) is 4.79 Å². The average molecular weight is 366 g/mol. The van der Waals surface area contributed by atoms with E-state index in [2.05, 4.69) is 15.1 Å². The van der Waals surface area contributed by atoms with Gasteiger partial charge in [-0.05, 0) is 45.9 Å². The minimum atomic E-state index is -0.383. The summed E-state index contributed by atoms with van der Waals surface area (Å²) < 4.78 is 12.4. The van der Waals surface area contributed by atoms with Crippen LogP contribution < -0.4 is 9.47 Å². The van der Waals surface area contributed by atoms with Gasteiger partial charge in [-0.1, -0.05) is 12.1 Å². The first-order valence-electron chi connectivity index (χ1n) is 8.60. The van der Waals surface area contributed by atoms with Crippen LogP contribution in [0.5, 0.6) is 11.5 Å². The average Bonchev–Trinajstić information content (AvgIpc) is 2.89. The molecule has 140 valence electrons. The van der Waals surface area contributed by atoms with Crippen LogP contribution in [0.2, 0.25) is 0 Å². The van der Waals surface area contributed by atoms with Gasteiger partial charge < -0.3 is 9.47 Å². The van der Waals surface area contributed by atoms with Crippen molar-refractivity contribution in [1.82, 2.24) is 19.7 Å². The Morgan fingerprint density at radius 3 is 2.30 bits per heavy atom. The predicted molar refractivity (Wildman–Crippen MR) is 100 cm³/mol. The summed E-state index contributed by atoms with van der Waals surface area (Å²) in [5.41, 5.74) is 4.09. The Bertz CT molecular complexity index is 975. The van der Waals surface area contributed by atoms with Crippen LogP contribution >= 0.6 is 0 Å². The summed E-state index contributed by atoms with van der Waals surface area (Å²) in [5.74, 6) is 1.02. The van der Waals surface area contributed by atoms with Crippen LogP contribution in [0.15, 0.2) is 30.3 Å². The van der Waals surface area contributed by atoms with Crippen LogP contribution in [0.25, 0.3) is 5.95 Å². The number of ether oxygens (including phenoxy) is 2. The van der Waals surface area contributed by atoms with Gasteiger partial charge in [-0.15, -0.1) is 0 Å². The van der Waals surface area contributed by atoms with Crippen molar-refractivity contribution in [3.63, 3.8) is 0 Å². The third-order valence-corrected chi connectivity index (χ3v) is 4.22. The van der Waals surface area contributed by atoms with Gasteiger partial charge in [0.1, 0.15) is 0 Å². The zero-order valence-electron chi connectivity index (χ0n) is 16.1. The number of hydrogen-bond acceptors (Lipinski definition) is 6. The highest BCUT2D eigenvalue weighted by Gasteiger charge is 2.19. The molecule has 0 radical (unpaired) electrons. The predicted octanol–water partition coefficient (Wildman–Crippen LogP) is 3.05. The smallest absolute Gasteiger partial charge is 0.315 e. The number of carbonyl (C=O) groups excluding carboxylic acids is 1. The Labute approximate surface area is 158 Å². The van der Waals surface area contributed by atoms with E-state index in [1.165, 1.54) is 7.11 Å². The molecule has 0 aliphatic carbocycles. The van der Waals surface area contributed by atoms with Gasteiger partial charge in [0.2, 0.25) is 0 Å². The zero-order chi connectivity index (χ0) is 19.6. The number of rotatable bonds is 5. The number of methoxy groups -OCH3 is 1. The molecule has 0 saturated heterocycles. The van der Waals surface area contributed by atoms with E-state index in [1.807, 2.05) is 39.8 Å². The molecule has 0 bridgehead atoms. The maximum atomic E-state index is 12.5. The van der Waals surface area contributed by atoms with Gasteiger partial charge in [0, 0.05) is 22.6 Å². The van der Waals surface area contributed by atoms with Gasteiger partial charge in [-0.2, -0.15) is 5.10 Å². The van der Waals surface area contributed by atoms with Crippen molar-refractivity contribution in [3.8, 4) is 17.4 Å². The molecule has 0 amide bonds. The maximum Gasteiger partial charge on any atom is 0.315 e. The summed E-state index contributed by atoms with van der Waals surface area (Å²) in [7, 11) is 1.54. The zero-order valence-corrected chi connectivity index (χ0v) is 16.1. The summed E-state index contributed by atoms with van der Waals surface area (Å²) in [6.07, 6.45) is 0.0977. The molecule has 0 spiro atoms. The molecule has 0 fully saturated rings. The summed E-state index contributed by atoms with van der Waals surface area (Å²) in [5, 5.41) is 4.52. The van der Waals surface area contributed by atoms with E-state index in [0.29, 0.717) is 17.4 Å². The maximum absolute atomic E-state index is 12.5. The highest BCUT2D eigenvalue weighted by molar-refractivity contribution is 5.76. The van der Waals surface area contributed by atoms with Crippen molar-refractivity contribution in [2.24, 2.45) is 0 Å². The first-order chi connectivity index (χ1) is 12.9. The number of carbonyl (C=O) groups is 1. The topological polar surface area (TPSA) is 79.1 Å². The van der Waals surface area contributed by atoms with Crippen molar-refractivity contribution in [3.05, 3.63) is 58.7 Å². The number of benzene rings is 1. The second-order valence-electron chi connectivity index (χ2n) is 6.31. The normalized spacial score (nSPS) is 10.7. The minimum absolute atomic E-state index is 0.0977. The first kappa shape index (κ1) is 18.6. The van der Waals surface area contributed by atoms with Crippen molar-refractivity contribution in [1.29, 1.82) is 0 Å². The number of esters is 1. The third-order valence-electron chi connectivity index (χ3n) is 4.22. The van der Waals surface area contributed by atoms with E-state index >= 15 is 0 Å². The standard InChI is InChI=1S/C20H22N4O3/c1-12-10-13(2)22-20(21-12)24-15(4)16(14(3)23-24)11-19(25)27-18-9-7-6-8-17(18)26-5/h6-10H,11H2,1-5H3. The molecule has 0 unspecified atom stereocenters. The molecule has 0 saturated carbocycles. The van der Waals surface area contributed by atoms with Gasteiger partial charge in [0.05, 0.1) is 19.2 Å². The molecule has 27 heavy (non-hydrogen) atoms. The second-order valence-corrected chi connectivity index (χ2v) is 6.31. The van der Waals surface area contributed by atoms with E-state index in [-0.39, 0.29) is 12.4 Å². The molecule has 3 rings (SSSR count). The molecule has 0 aliphatic rings. The number of para-hydroxylation sites is 2. The van der Waals surface area contributed by atoms with Crippen LogP contribution in [0.4, 0.5) is 0 Å². The Kier molecular flexibility index (Phi) is 5.21. The van der Waals surface area contributed by atoms with Crippen LogP contribution in [0.1, 0.15) is 28.3 Å². The van der Waals surface area contributed by atoms with Crippen molar-refractivity contribution < 1.29 is 14.3 Å². The van der Waals surface area contributed by atoms with E-state index < -0.39 is 0 Å². The summed E-state index contributed by atoms with van der Waals surface area (Å²) in [4.78, 5) is 21.4. The van der Waals surface area contributed by atoms with Crippen LogP contribution in [0, 0.1) is 27.7 Å². The van der Waals surface area contributed by atoms with E-state index in [1.54, 1.807) is 22.9 Å². The molecule has 0 aliphatic heterocycles. The minimum Gasteiger partial charge on any atom is -0.493 e. The quantitative estimate of drug-likeness (QED) is 0.510. The van der Waals surface area contributed by atoms with Gasteiger partial charge >= 0.3 is 5.97 Å². The SMILES string of the molecule is COc1ccccc1OC(=O)Cc1c(C)nn(-c2nc(C)cc(C)n2)c1C. The molecular formula is C20H22N4O3. The number of nitrogens with zero attached hydrogens (tertiary/aromatic N) is 4. The largest absolute Gasteiger partial charge is 0.493 e. The molecule has 2 aromatic heterocycles. The molecule has 3 aromatic rings. The molecule has 7 nitrogen and oxygen atoms in total. The van der Waals surface area contributed by atoms with Gasteiger partial charge in [0.15, 0.2) is 11.5 Å². The summed E-state index contributed by atoms with van der Waals surface area (Å²) in [6.45, 7) is 7.58. The van der Waals surface area contributed by atoms with Gasteiger partial charge in [-0.25, -0.2) is 14.6 Å². The van der Waals surface area contributed by atoms with Crippen molar-refractivity contribution >= 4 is 5.97 Å². The van der Waals surface area contributed by atoms with Crippen molar-refractivity contribution in [2.45, 2.75) is 34.1 Å². The Balaban J connectivity index is 1.85. The highest BCUT2D eigenvalue weighted by Crippen LogP contribution is 2.26. The second kappa shape index (κ2) is 7.57. The molecule has 0 atom stereocenters. The molecular weight excluding hydrogens is 344 g/mol. The fraction of sp³-hybridized carbons (Fsp3) is 0.300. The van der Waals surface area contributed by atoms with Crippen LogP contribution in [-0.2, 0) is 11.2 Å². The molecule has 0 N–H and O–H groups in total. The summed E-state index contributed by atoms with van der Waals surface area (Å²) in [6, 6.07) is 8.95. The molecule has 1 aromatic carbocycles. The lowest BCUT2D eigenvalue weighted by Gasteiger charge is -2.09. The fourth-order valence-corrected chi connectivity index (χ4v) is 2.93. The number of aryl methyl sites for hydroxylation is 3.